The van der Waals surface area contributed by atoms with Gasteiger partial charge in [0, 0.05) is 16.5 Å². The largest absolute Gasteiger partial charge is 0.393 e. The van der Waals surface area contributed by atoms with Crippen LogP contribution in [0.4, 0.5) is 0 Å². The van der Waals surface area contributed by atoms with Crippen LogP contribution in [0.25, 0.3) is 0 Å². The summed E-state index contributed by atoms with van der Waals surface area (Å²) < 4.78 is 22.8. The summed E-state index contributed by atoms with van der Waals surface area (Å²) in [5.41, 5.74) is 1.04. The second-order valence-corrected chi connectivity index (χ2v) is 7.34. The molecule has 5 heteroatoms. The molecule has 0 amide bonds. The molecule has 0 fully saturated rings. The molecule has 1 atom stereocenters. The fourth-order valence-electron chi connectivity index (χ4n) is 1.60. The normalized spacial score (nSPS) is 13.6. The van der Waals surface area contributed by atoms with Crippen molar-refractivity contribution in [1.29, 1.82) is 0 Å². The molecule has 3 nitrogen and oxygen atoms in total. The van der Waals surface area contributed by atoms with E-state index in [4.69, 9.17) is 0 Å². The van der Waals surface area contributed by atoms with Crippen molar-refractivity contribution in [1.82, 2.24) is 0 Å². The van der Waals surface area contributed by atoms with Crippen LogP contribution in [0.2, 0.25) is 0 Å². The fraction of sp³-hybridized carbons (Fsp3) is 0.500. The quantitative estimate of drug-likeness (QED) is 0.874. The average molecular weight is 321 g/mol. The number of halogens is 1. The van der Waals surface area contributed by atoms with E-state index in [0.29, 0.717) is 19.3 Å². The van der Waals surface area contributed by atoms with Crippen LogP contribution in [0.5, 0.6) is 0 Å². The van der Waals surface area contributed by atoms with Gasteiger partial charge in [-0.25, -0.2) is 8.42 Å². The Morgan fingerprint density at radius 3 is 2.59 bits per heavy atom. The Morgan fingerprint density at radius 1 is 1.35 bits per heavy atom. The van der Waals surface area contributed by atoms with E-state index in [1.807, 2.05) is 24.3 Å². The van der Waals surface area contributed by atoms with Crippen molar-refractivity contribution >= 4 is 25.8 Å². The van der Waals surface area contributed by atoms with Gasteiger partial charge in [-0.1, -0.05) is 34.1 Å². The maximum Gasteiger partial charge on any atom is 0.147 e. The van der Waals surface area contributed by atoms with Crippen LogP contribution in [0, 0.1) is 0 Å². The van der Waals surface area contributed by atoms with Crippen molar-refractivity contribution in [2.24, 2.45) is 0 Å². The minimum Gasteiger partial charge on any atom is -0.393 e. The Morgan fingerprint density at radius 2 is 2.00 bits per heavy atom. The molecule has 0 aliphatic carbocycles. The van der Waals surface area contributed by atoms with E-state index in [1.54, 1.807) is 0 Å². The zero-order valence-electron chi connectivity index (χ0n) is 9.77. The Labute approximate surface area is 111 Å². The first-order chi connectivity index (χ1) is 7.88. The molecule has 1 rings (SSSR count). The van der Waals surface area contributed by atoms with Gasteiger partial charge in [0.15, 0.2) is 0 Å². The summed E-state index contributed by atoms with van der Waals surface area (Å²) in [6, 6.07) is 7.72. The Bertz CT molecular complexity index is 457. The molecule has 0 spiro atoms. The molecule has 96 valence electrons. The van der Waals surface area contributed by atoms with Crippen LogP contribution in [0.15, 0.2) is 28.7 Å². The summed E-state index contributed by atoms with van der Waals surface area (Å²) in [5, 5.41) is 9.81. The Kier molecular flexibility index (Phi) is 5.62. The van der Waals surface area contributed by atoms with Crippen molar-refractivity contribution in [3.05, 3.63) is 34.3 Å². The van der Waals surface area contributed by atoms with E-state index in [9.17, 15) is 13.5 Å². The van der Waals surface area contributed by atoms with Crippen LogP contribution < -0.4 is 0 Å². The molecule has 17 heavy (non-hydrogen) atoms. The van der Waals surface area contributed by atoms with Gasteiger partial charge in [-0.05, 0) is 30.9 Å². The summed E-state index contributed by atoms with van der Waals surface area (Å²) >= 11 is 3.42. The van der Waals surface area contributed by atoms with E-state index >= 15 is 0 Å². The summed E-state index contributed by atoms with van der Waals surface area (Å²) in [5.74, 6) is 0.139. The molecule has 0 radical (unpaired) electrons. The van der Waals surface area contributed by atoms with Crippen molar-refractivity contribution in [2.75, 3.05) is 12.0 Å². The molecule has 1 unspecified atom stereocenters. The topological polar surface area (TPSA) is 54.4 Å². The number of benzene rings is 1. The van der Waals surface area contributed by atoms with Crippen molar-refractivity contribution in [3.63, 3.8) is 0 Å². The van der Waals surface area contributed by atoms with Gasteiger partial charge in [-0.3, -0.25) is 0 Å². The average Bonchev–Trinajstić information content (AvgIpc) is 2.19. The van der Waals surface area contributed by atoms with Gasteiger partial charge < -0.3 is 5.11 Å². The minimum absolute atomic E-state index is 0.139. The van der Waals surface area contributed by atoms with Crippen LogP contribution in [-0.4, -0.2) is 31.6 Å². The molecule has 1 aromatic carbocycles. The molecule has 1 aromatic rings. The van der Waals surface area contributed by atoms with E-state index in [1.165, 1.54) is 6.26 Å². The molecule has 0 aliphatic rings. The standard InChI is InChI=1S/C12H17BrO3S/c1-17(15,16)8-4-6-11(14)9-10-5-2-3-7-12(10)13/h2-3,5,7,11,14H,4,6,8-9H2,1H3. The maximum atomic E-state index is 10.9. The van der Waals surface area contributed by atoms with Crippen LogP contribution >= 0.6 is 15.9 Å². The van der Waals surface area contributed by atoms with Crippen LogP contribution in [-0.2, 0) is 16.3 Å². The van der Waals surface area contributed by atoms with Gasteiger partial charge in [0.2, 0.25) is 0 Å². The third kappa shape index (κ3) is 6.19. The molecule has 0 saturated carbocycles. The number of rotatable bonds is 6. The van der Waals surface area contributed by atoms with E-state index in [0.717, 1.165) is 10.0 Å². The predicted molar refractivity (Wildman–Crippen MR) is 72.8 cm³/mol. The Balaban J connectivity index is 2.40. The highest BCUT2D eigenvalue weighted by atomic mass is 79.9. The minimum atomic E-state index is -2.92. The Hall–Kier alpha value is -0.390. The second-order valence-electron chi connectivity index (χ2n) is 4.22. The summed E-state index contributed by atoms with van der Waals surface area (Å²) in [7, 11) is -2.92. The van der Waals surface area contributed by atoms with Crippen molar-refractivity contribution in [3.8, 4) is 0 Å². The van der Waals surface area contributed by atoms with Gasteiger partial charge in [0.1, 0.15) is 9.84 Å². The van der Waals surface area contributed by atoms with Crippen molar-refractivity contribution in [2.45, 2.75) is 25.4 Å². The van der Waals surface area contributed by atoms with E-state index in [-0.39, 0.29) is 5.75 Å². The monoisotopic (exact) mass is 320 g/mol. The maximum absolute atomic E-state index is 10.9. The van der Waals surface area contributed by atoms with Gasteiger partial charge in [0.25, 0.3) is 0 Å². The third-order valence-corrected chi connectivity index (χ3v) is 4.27. The first kappa shape index (κ1) is 14.7. The molecular weight excluding hydrogens is 304 g/mol. The summed E-state index contributed by atoms with van der Waals surface area (Å²) in [4.78, 5) is 0. The molecule has 0 aromatic heterocycles. The van der Waals surface area contributed by atoms with Crippen LogP contribution in [0.1, 0.15) is 18.4 Å². The lowest BCUT2D eigenvalue weighted by Crippen LogP contribution is -2.13. The molecule has 0 saturated heterocycles. The zero-order valence-corrected chi connectivity index (χ0v) is 12.2. The molecule has 0 bridgehead atoms. The number of sulfone groups is 1. The van der Waals surface area contributed by atoms with Gasteiger partial charge in [-0.2, -0.15) is 0 Å². The molecule has 0 heterocycles. The highest BCUT2D eigenvalue weighted by Gasteiger charge is 2.09. The van der Waals surface area contributed by atoms with Gasteiger partial charge in [-0.15, -0.1) is 0 Å². The first-order valence-electron chi connectivity index (χ1n) is 5.47. The smallest absolute Gasteiger partial charge is 0.147 e. The third-order valence-electron chi connectivity index (χ3n) is 2.47. The lowest BCUT2D eigenvalue weighted by molar-refractivity contribution is 0.164. The van der Waals surface area contributed by atoms with Gasteiger partial charge in [0.05, 0.1) is 6.10 Å². The summed E-state index contributed by atoms with van der Waals surface area (Å²) in [6.07, 6.45) is 2.28. The lowest BCUT2D eigenvalue weighted by atomic mass is 10.0. The number of aliphatic hydroxyl groups is 1. The fourth-order valence-corrected chi connectivity index (χ4v) is 2.74. The number of hydrogen-bond donors (Lipinski definition) is 1. The van der Waals surface area contributed by atoms with Gasteiger partial charge >= 0.3 is 0 Å². The predicted octanol–water partition coefficient (Wildman–Crippen LogP) is 2.18. The SMILES string of the molecule is CS(=O)(=O)CCCC(O)Cc1ccccc1Br. The lowest BCUT2D eigenvalue weighted by Gasteiger charge is -2.11. The summed E-state index contributed by atoms with van der Waals surface area (Å²) in [6.45, 7) is 0. The first-order valence-corrected chi connectivity index (χ1v) is 8.33. The zero-order chi connectivity index (χ0) is 12.9. The van der Waals surface area contributed by atoms with Crippen LogP contribution in [0.3, 0.4) is 0 Å². The number of aliphatic hydroxyl groups excluding tert-OH is 1. The van der Waals surface area contributed by atoms with E-state index in [2.05, 4.69) is 15.9 Å². The van der Waals surface area contributed by atoms with E-state index < -0.39 is 15.9 Å². The molecule has 0 aliphatic heterocycles. The number of hydrogen-bond acceptors (Lipinski definition) is 3. The molecular formula is C12H17BrO3S. The molecule has 1 N–H and O–H groups in total. The highest BCUT2D eigenvalue weighted by molar-refractivity contribution is 9.10. The second kappa shape index (κ2) is 6.52. The van der Waals surface area contributed by atoms with Crippen molar-refractivity contribution < 1.29 is 13.5 Å². The highest BCUT2D eigenvalue weighted by Crippen LogP contribution is 2.18.